The molecular weight excluding hydrogens is 542 g/mol. The summed E-state index contributed by atoms with van der Waals surface area (Å²) in [6.07, 6.45) is 11.6. The van der Waals surface area contributed by atoms with Crippen molar-refractivity contribution >= 4 is 34.2 Å². The number of nitrogens with zero attached hydrogens (tertiary/aromatic N) is 7. The molecular formula is C30H32ClN7O3. The Kier molecular flexibility index (Phi) is 7.82. The minimum Gasteiger partial charge on any atom is -0.471 e. The van der Waals surface area contributed by atoms with Gasteiger partial charge in [-0.2, -0.15) is 0 Å². The predicted octanol–water partition coefficient (Wildman–Crippen LogP) is 4.87. The number of halogens is 1. The minimum absolute atomic E-state index is 0.0744. The highest BCUT2D eigenvalue weighted by Gasteiger charge is 2.27. The number of aryl methyl sites for hydroxylation is 1. The van der Waals surface area contributed by atoms with Crippen molar-refractivity contribution in [1.29, 1.82) is 0 Å². The lowest BCUT2D eigenvalue weighted by Gasteiger charge is -2.32. The lowest BCUT2D eigenvalue weighted by Crippen LogP contribution is -2.39. The van der Waals surface area contributed by atoms with Gasteiger partial charge in [-0.15, -0.1) is 5.10 Å². The van der Waals surface area contributed by atoms with Crippen LogP contribution in [0.15, 0.2) is 49.1 Å². The summed E-state index contributed by atoms with van der Waals surface area (Å²) >= 11 is 6.33. The van der Waals surface area contributed by atoms with Crippen molar-refractivity contribution in [3.05, 3.63) is 76.5 Å². The third-order valence-electron chi connectivity index (χ3n) is 7.91. The zero-order chi connectivity index (χ0) is 28.3. The predicted molar refractivity (Wildman–Crippen MR) is 154 cm³/mol. The molecule has 0 spiro atoms. The van der Waals surface area contributed by atoms with Gasteiger partial charge in [0.15, 0.2) is 0 Å². The Bertz CT molecular complexity index is 1560. The summed E-state index contributed by atoms with van der Waals surface area (Å²) in [5.41, 5.74) is 2.55. The lowest BCUT2D eigenvalue weighted by molar-refractivity contribution is 0.0689. The van der Waals surface area contributed by atoms with Gasteiger partial charge in [0.1, 0.15) is 6.61 Å². The number of hydrogen-bond acceptors (Lipinski definition) is 7. The molecule has 2 aliphatic rings. The van der Waals surface area contributed by atoms with Gasteiger partial charge in [-0.3, -0.25) is 14.6 Å². The van der Waals surface area contributed by atoms with Crippen molar-refractivity contribution in [2.75, 3.05) is 26.2 Å². The molecule has 0 N–H and O–H groups in total. The number of ether oxygens (including phenoxy) is 1. The molecule has 6 rings (SSSR count). The summed E-state index contributed by atoms with van der Waals surface area (Å²) in [6.45, 7) is 4.71. The van der Waals surface area contributed by atoms with Crippen molar-refractivity contribution in [3.63, 3.8) is 0 Å². The van der Waals surface area contributed by atoms with Gasteiger partial charge in [0, 0.05) is 72.7 Å². The van der Waals surface area contributed by atoms with Crippen molar-refractivity contribution in [2.45, 2.75) is 51.7 Å². The largest absolute Gasteiger partial charge is 0.471 e. The van der Waals surface area contributed by atoms with Gasteiger partial charge >= 0.3 is 0 Å². The Morgan fingerprint density at radius 2 is 1.73 bits per heavy atom. The van der Waals surface area contributed by atoms with Gasteiger partial charge in [-0.05, 0) is 62.8 Å². The summed E-state index contributed by atoms with van der Waals surface area (Å²) in [5.74, 6) is 0.199. The fourth-order valence-corrected chi connectivity index (χ4v) is 5.90. The average molecular weight is 574 g/mol. The van der Waals surface area contributed by atoms with E-state index in [9.17, 15) is 9.59 Å². The maximum atomic E-state index is 13.8. The van der Waals surface area contributed by atoms with Gasteiger partial charge in [0.2, 0.25) is 5.88 Å². The van der Waals surface area contributed by atoms with Crippen LogP contribution in [0.3, 0.4) is 0 Å². The fraction of sp³-hybridized carbons (Fsp3) is 0.400. The number of rotatable bonds is 6. The van der Waals surface area contributed by atoms with Gasteiger partial charge in [-0.1, -0.05) is 16.8 Å². The van der Waals surface area contributed by atoms with Crippen LogP contribution in [0, 0.1) is 6.92 Å². The summed E-state index contributed by atoms with van der Waals surface area (Å²) in [7, 11) is 0. The molecule has 10 nitrogen and oxygen atoms in total. The molecule has 0 aliphatic carbocycles. The van der Waals surface area contributed by atoms with Crippen LogP contribution in [0.2, 0.25) is 5.02 Å². The second-order valence-corrected chi connectivity index (χ2v) is 11.2. The van der Waals surface area contributed by atoms with Crippen molar-refractivity contribution < 1.29 is 14.3 Å². The van der Waals surface area contributed by atoms with Gasteiger partial charge in [-0.25, -0.2) is 9.67 Å². The number of pyridine rings is 2. The molecule has 2 amide bonds. The fourth-order valence-electron chi connectivity index (χ4n) is 5.62. The molecule has 212 valence electrons. The Morgan fingerprint density at radius 3 is 2.46 bits per heavy atom. The first-order valence-corrected chi connectivity index (χ1v) is 14.5. The van der Waals surface area contributed by atoms with Crippen LogP contribution in [0.1, 0.15) is 70.1 Å². The first-order valence-electron chi connectivity index (χ1n) is 14.1. The van der Waals surface area contributed by atoms with E-state index >= 15 is 0 Å². The topological polar surface area (TPSA) is 106 Å². The van der Waals surface area contributed by atoms with Gasteiger partial charge in [0.25, 0.3) is 11.8 Å². The van der Waals surface area contributed by atoms with E-state index in [1.807, 2.05) is 39.7 Å². The van der Waals surface area contributed by atoms with Crippen LogP contribution in [-0.2, 0) is 6.61 Å². The molecule has 2 aliphatic heterocycles. The molecule has 5 heterocycles. The first kappa shape index (κ1) is 27.1. The minimum atomic E-state index is -0.0861. The van der Waals surface area contributed by atoms with E-state index in [-0.39, 0.29) is 24.5 Å². The van der Waals surface area contributed by atoms with Crippen LogP contribution in [0.4, 0.5) is 0 Å². The number of carbonyl (C=O) groups is 2. The van der Waals surface area contributed by atoms with E-state index < -0.39 is 0 Å². The average Bonchev–Trinajstić information content (AvgIpc) is 3.55. The second kappa shape index (κ2) is 11.8. The number of likely N-dealkylation sites (tertiary alicyclic amines) is 2. The maximum Gasteiger partial charge on any atom is 0.254 e. The van der Waals surface area contributed by atoms with E-state index in [0.717, 1.165) is 37.7 Å². The summed E-state index contributed by atoms with van der Waals surface area (Å²) < 4.78 is 7.81. The number of fused-ring (bicyclic) bond motifs is 1. The SMILES string of the molecule is Cc1cnc(COc2cc3c(C(=O)N4CCCCC4)cc(C(=O)N4CCC(n5ccnn5)CC4)cc3cn2)c(Cl)c1. The normalized spacial score (nSPS) is 16.2. The zero-order valence-corrected chi connectivity index (χ0v) is 23.8. The number of hydrogen-bond donors (Lipinski definition) is 0. The van der Waals surface area contributed by atoms with E-state index in [2.05, 4.69) is 20.3 Å². The number of benzene rings is 1. The number of carbonyl (C=O) groups excluding carboxylic acids is 2. The molecule has 0 unspecified atom stereocenters. The van der Waals surface area contributed by atoms with Gasteiger partial charge < -0.3 is 14.5 Å². The number of amides is 2. The Labute approximate surface area is 243 Å². The smallest absolute Gasteiger partial charge is 0.254 e. The van der Waals surface area contributed by atoms with Crippen LogP contribution < -0.4 is 4.74 Å². The highest BCUT2D eigenvalue weighted by Crippen LogP contribution is 2.29. The molecule has 0 saturated carbocycles. The Morgan fingerprint density at radius 1 is 0.951 bits per heavy atom. The van der Waals surface area contributed by atoms with Crippen LogP contribution in [-0.4, -0.2) is 72.8 Å². The van der Waals surface area contributed by atoms with E-state index in [1.165, 1.54) is 0 Å². The van der Waals surface area contributed by atoms with Crippen molar-refractivity contribution in [2.24, 2.45) is 0 Å². The Balaban J connectivity index is 1.28. The highest BCUT2D eigenvalue weighted by molar-refractivity contribution is 6.31. The Hall–Kier alpha value is -4.05. The summed E-state index contributed by atoms with van der Waals surface area (Å²) in [6, 6.07) is 7.40. The number of piperidine rings is 2. The molecule has 4 aromatic rings. The van der Waals surface area contributed by atoms with E-state index in [4.69, 9.17) is 16.3 Å². The monoisotopic (exact) mass is 573 g/mol. The van der Waals surface area contributed by atoms with E-state index in [1.54, 1.807) is 30.7 Å². The van der Waals surface area contributed by atoms with Gasteiger partial charge in [0.05, 0.1) is 23.0 Å². The molecule has 2 saturated heterocycles. The molecule has 1 aromatic carbocycles. The molecule has 11 heteroatoms. The quantitative estimate of drug-likeness (QED) is 0.324. The molecule has 0 atom stereocenters. The molecule has 0 bridgehead atoms. The molecule has 3 aromatic heterocycles. The molecule has 41 heavy (non-hydrogen) atoms. The standard InChI is InChI=1S/C30H32ClN7O3/c1-20-13-26(31)27(32-17-20)19-41-28-16-24-22(18-33-28)14-21(15-25(24)30(40)36-8-3-2-4-9-36)29(39)37-10-5-23(6-11-37)38-12-7-34-35-38/h7,12-18,23H,2-6,8-11,19H2,1H3. The lowest BCUT2D eigenvalue weighted by atomic mass is 9.98. The van der Waals surface area contributed by atoms with Crippen molar-refractivity contribution in [1.82, 2.24) is 34.8 Å². The molecule has 0 radical (unpaired) electrons. The third-order valence-corrected chi connectivity index (χ3v) is 8.24. The second-order valence-electron chi connectivity index (χ2n) is 10.8. The van der Waals surface area contributed by atoms with E-state index in [0.29, 0.717) is 64.7 Å². The molecule has 2 fully saturated rings. The third kappa shape index (κ3) is 5.88. The first-order chi connectivity index (χ1) is 20.0. The van der Waals surface area contributed by atoms with Crippen LogP contribution in [0.5, 0.6) is 5.88 Å². The summed E-state index contributed by atoms with van der Waals surface area (Å²) in [5, 5.41) is 9.97. The van der Waals surface area contributed by atoms with Crippen LogP contribution in [0.25, 0.3) is 10.8 Å². The van der Waals surface area contributed by atoms with Crippen molar-refractivity contribution in [3.8, 4) is 5.88 Å². The van der Waals surface area contributed by atoms with Crippen LogP contribution >= 0.6 is 11.6 Å². The number of aromatic nitrogens is 5. The maximum absolute atomic E-state index is 13.8. The summed E-state index contributed by atoms with van der Waals surface area (Å²) in [4.78, 5) is 40.0. The highest BCUT2D eigenvalue weighted by atomic mass is 35.5. The zero-order valence-electron chi connectivity index (χ0n) is 23.0.